The molecule has 7 heteroatoms. The van der Waals surface area contributed by atoms with E-state index >= 15 is 0 Å². The number of thioether (sulfide) groups is 1. The second-order valence-electron chi connectivity index (χ2n) is 8.99. The van der Waals surface area contributed by atoms with Gasteiger partial charge in [0.25, 0.3) is 11.3 Å². The summed E-state index contributed by atoms with van der Waals surface area (Å²) in [7, 11) is 2.03. The number of hydrogen-bond donors (Lipinski definition) is 0. The van der Waals surface area contributed by atoms with Gasteiger partial charge in [-0.1, -0.05) is 72.4 Å². The summed E-state index contributed by atoms with van der Waals surface area (Å²) in [5.41, 5.74) is 4.30. The van der Waals surface area contributed by atoms with E-state index in [-0.39, 0.29) is 5.56 Å². The highest BCUT2D eigenvalue weighted by Crippen LogP contribution is 2.45. The Bertz CT molecular complexity index is 1800. The van der Waals surface area contributed by atoms with Gasteiger partial charge in [-0.3, -0.25) is 9.36 Å². The van der Waals surface area contributed by atoms with Gasteiger partial charge >= 0.3 is 5.89 Å². The molecule has 0 aliphatic carbocycles. The smallest absolute Gasteiger partial charge is 0.377 e. The Balaban J connectivity index is 1.59. The molecule has 0 atom stereocenters. The standard InChI is InChI=1S/C31H28N3O2S2/c1-4-33-25(36-28(22-16-10-7-11-17-22)27(33)21-14-8-6-9-15-21)20-26-34(5-2)30(35)29(38-26)31-32(3)23-18-12-13-19-24(23)37-31/h6-20H,4-5H2,1-3H3/q+1/b31-29-. The minimum Gasteiger partial charge on any atom is -0.397 e. The van der Waals surface area contributed by atoms with E-state index < -0.39 is 0 Å². The van der Waals surface area contributed by atoms with E-state index in [0.29, 0.717) is 6.54 Å². The molecule has 0 saturated heterocycles. The van der Waals surface area contributed by atoms with Crippen molar-refractivity contribution in [3.63, 3.8) is 0 Å². The van der Waals surface area contributed by atoms with Crippen molar-refractivity contribution >= 4 is 39.9 Å². The molecule has 0 N–H and O–H groups in total. The predicted octanol–water partition coefficient (Wildman–Crippen LogP) is 5.30. The van der Waals surface area contributed by atoms with Gasteiger partial charge in [0.15, 0.2) is 0 Å². The molecule has 0 amide bonds. The van der Waals surface area contributed by atoms with E-state index in [2.05, 4.69) is 52.8 Å². The molecule has 1 aliphatic rings. The van der Waals surface area contributed by atoms with E-state index in [4.69, 9.17) is 4.42 Å². The Hall–Kier alpha value is -3.81. The average Bonchev–Trinajstić information content (AvgIpc) is 3.60. The lowest BCUT2D eigenvalue weighted by Crippen LogP contribution is -2.37. The molecule has 0 saturated carbocycles. The Morgan fingerprint density at radius 1 is 0.895 bits per heavy atom. The Labute approximate surface area is 229 Å². The van der Waals surface area contributed by atoms with Crippen molar-refractivity contribution in [2.45, 2.75) is 31.8 Å². The maximum absolute atomic E-state index is 13.6. The number of benzene rings is 3. The molecule has 3 aromatic carbocycles. The summed E-state index contributed by atoms with van der Waals surface area (Å²) >= 11 is 3.18. The van der Waals surface area contributed by atoms with Crippen LogP contribution in [0.15, 0.2) is 99.0 Å². The highest BCUT2D eigenvalue weighted by atomic mass is 32.2. The summed E-state index contributed by atoms with van der Waals surface area (Å²) in [4.78, 5) is 16.9. The van der Waals surface area contributed by atoms with Gasteiger partial charge < -0.3 is 9.32 Å². The second kappa shape index (κ2) is 10.2. The molecule has 0 spiro atoms. The van der Waals surface area contributed by atoms with E-state index in [9.17, 15) is 4.79 Å². The van der Waals surface area contributed by atoms with Gasteiger partial charge in [0, 0.05) is 24.1 Å². The third kappa shape index (κ3) is 4.12. The zero-order valence-corrected chi connectivity index (χ0v) is 23.2. The van der Waals surface area contributed by atoms with Gasteiger partial charge in [0.2, 0.25) is 5.76 Å². The zero-order chi connectivity index (χ0) is 26.2. The van der Waals surface area contributed by atoms with Gasteiger partial charge in [-0.25, -0.2) is 0 Å². The monoisotopic (exact) mass is 538 g/mol. The minimum absolute atomic E-state index is 0.0343. The van der Waals surface area contributed by atoms with Crippen LogP contribution in [0.5, 0.6) is 0 Å². The number of fused-ring (bicyclic) bond motifs is 1. The number of aromatic nitrogens is 2. The first-order chi connectivity index (χ1) is 18.6. The topological polar surface area (TPSA) is 42.3 Å². The van der Waals surface area contributed by atoms with Crippen molar-refractivity contribution < 1.29 is 8.98 Å². The van der Waals surface area contributed by atoms with Crippen molar-refractivity contribution in [1.82, 2.24) is 4.57 Å². The summed E-state index contributed by atoms with van der Waals surface area (Å²) in [6.45, 7) is 5.45. The third-order valence-electron chi connectivity index (χ3n) is 6.76. The molecule has 0 fully saturated rings. The summed E-state index contributed by atoms with van der Waals surface area (Å²) in [6.07, 6.45) is 2.02. The highest BCUT2D eigenvalue weighted by Gasteiger charge is 2.29. The number of thiazole rings is 1. The largest absolute Gasteiger partial charge is 0.397 e. The number of nitrogens with zero attached hydrogens (tertiary/aromatic N) is 3. The Kier molecular flexibility index (Phi) is 6.55. The van der Waals surface area contributed by atoms with Gasteiger partial charge in [-0.15, -0.1) is 11.3 Å². The Morgan fingerprint density at radius 3 is 2.21 bits per heavy atom. The molecule has 1 aliphatic heterocycles. The average molecular weight is 539 g/mol. The molecular weight excluding hydrogens is 510 g/mol. The molecule has 3 heterocycles. The van der Waals surface area contributed by atoms with Gasteiger partial charge in [0.1, 0.15) is 20.8 Å². The van der Waals surface area contributed by atoms with Crippen LogP contribution >= 0.6 is 23.1 Å². The van der Waals surface area contributed by atoms with E-state index in [1.165, 1.54) is 16.2 Å². The normalized spacial score (nSPS) is 14.8. The van der Waals surface area contributed by atoms with Gasteiger partial charge in [-0.05, 0) is 38.1 Å². The SMILES string of the molecule is CCn1c(=Cc2oc(-c3ccccc3)c(-c3ccccc3)[n+]2CC)s/c(=C2\Sc3ccccc3N2C)c1=O. The minimum atomic E-state index is 0.0343. The summed E-state index contributed by atoms with van der Waals surface area (Å²) in [6, 6.07) is 28.8. The van der Waals surface area contributed by atoms with Crippen molar-refractivity contribution in [3.8, 4) is 22.6 Å². The van der Waals surface area contributed by atoms with Crippen LogP contribution < -0.4 is 24.2 Å². The van der Waals surface area contributed by atoms with Crippen LogP contribution in [-0.2, 0) is 13.1 Å². The lowest BCUT2D eigenvalue weighted by atomic mass is 10.1. The van der Waals surface area contributed by atoms with E-state index in [1.54, 1.807) is 11.8 Å². The number of hydrogen-bond acceptors (Lipinski definition) is 5. The van der Waals surface area contributed by atoms with Crippen molar-refractivity contribution in [1.29, 1.82) is 0 Å². The van der Waals surface area contributed by atoms with Crippen LogP contribution in [0.2, 0.25) is 0 Å². The van der Waals surface area contributed by atoms with Crippen LogP contribution in [0.1, 0.15) is 19.7 Å². The molecular formula is C31H28N3O2S2+. The molecule has 2 aromatic heterocycles. The number of oxazole rings is 1. The van der Waals surface area contributed by atoms with Crippen molar-refractivity contribution in [2.75, 3.05) is 11.9 Å². The molecule has 190 valence electrons. The molecule has 0 radical (unpaired) electrons. The number of anilines is 1. The summed E-state index contributed by atoms with van der Waals surface area (Å²) < 4.78 is 12.3. The highest BCUT2D eigenvalue weighted by molar-refractivity contribution is 8.08. The summed E-state index contributed by atoms with van der Waals surface area (Å²) in [5, 5.41) is 0.973. The zero-order valence-electron chi connectivity index (χ0n) is 21.5. The maximum Gasteiger partial charge on any atom is 0.377 e. The first kappa shape index (κ1) is 24.5. The molecule has 6 rings (SSSR count). The Morgan fingerprint density at radius 2 is 1.55 bits per heavy atom. The summed E-state index contributed by atoms with van der Waals surface area (Å²) in [5.74, 6) is 1.55. The van der Waals surface area contributed by atoms with Crippen molar-refractivity contribution in [2.24, 2.45) is 0 Å². The first-order valence-corrected chi connectivity index (χ1v) is 14.4. The van der Waals surface area contributed by atoms with Gasteiger partial charge in [0.05, 0.1) is 17.3 Å². The van der Waals surface area contributed by atoms with Crippen molar-refractivity contribution in [3.05, 3.63) is 110 Å². The fourth-order valence-electron chi connectivity index (χ4n) is 4.91. The first-order valence-electron chi connectivity index (χ1n) is 12.7. The number of para-hydroxylation sites is 1. The lowest BCUT2D eigenvalue weighted by Gasteiger charge is -2.11. The van der Waals surface area contributed by atoms with Crippen LogP contribution in [-0.4, -0.2) is 11.6 Å². The fraction of sp³-hybridized carbons (Fsp3) is 0.161. The third-order valence-corrected chi connectivity index (χ3v) is 9.25. The molecule has 0 bridgehead atoms. The predicted molar refractivity (Wildman–Crippen MR) is 157 cm³/mol. The molecule has 38 heavy (non-hydrogen) atoms. The second-order valence-corrected chi connectivity index (χ2v) is 11.1. The number of rotatable bonds is 5. The van der Waals surface area contributed by atoms with Crippen LogP contribution in [0.3, 0.4) is 0 Å². The van der Waals surface area contributed by atoms with E-state index in [1.807, 2.05) is 73.1 Å². The molecule has 5 nitrogen and oxygen atoms in total. The van der Waals surface area contributed by atoms with Crippen LogP contribution in [0.25, 0.3) is 33.7 Å². The molecule has 0 unspecified atom stereocenters. The molecule has 5 aromatic rings. The quantitative estimate of drug-likeness (QED) is 0.285. The van der Waals surface area contributed by atoms with Crippen LogP contribution in [0.4, 0.5) is 5.69 Å². The van der Waals surface area contributed by atoms with Crippen LogP contribution in [0, 0.1) is 0 Å². The van der Waals surface area contributed by atoms with Gasteiger partial charge in [-0.2, -0.15) is 4.57 Å². The fourth-order valence-corrected chi connectivity index (χ4v) is 7.35. The lowest BCUT2D eigenvalue weighted by molar-refractivity contribution is -0.687. The maximum atomic E-state index is 13.6. The van der Waals surface area contributed by atoms with E-state index in [0.717, 1.165) is 54.9 Å².